The molecular formula is C25H24ClFN2O. The molecule has 0 aliphatic heterocycles. The summed E-state index contributed by atoms with van der Waals surface area (Å²) >= 11 is 6.01. The molecule has 1 aromatic heterocycles. The number of unbranched alkanes of at least 4 members (excludes halogenated alkanes) is 2. The largest absolute Gasteiger partial charge is 0.366 e. The Balaban J connectivity index is 1.94. The van der Waals surface area contributed by atoms with Gasteiger partial charge < -0.3 is 10.3 Å². The van der Waals surface area contributed by atoms with Crippen LogP contribution in [-0.2, 0) is 13.0 Å². The Hall–Kier alpha value is -2.85. The van der Waals surface area contributed by atoms with E-state index in [2.05, 4.69) is 29.7 Å². The molecule has 0 saturated carbocycles. The highest BCUT2D eigenvalue weighted by Crippen LogP contribution is 2.34. The zero-order chi connectivity index (χ0) is 21.3. The Kier molecular flexibility index (Phi) is 5.78. The Morgan fingerprint density at radius 3 is 2.63 bits per heavy atom. The fourth-order valence-corrected chi connectivity index (χ4v) is 4.34. The van der Waals surface area contributed by atoms with Crippen molar-refractivity contribution >= 4 is 39.3 Å². The molecule has 0 spiro atoms. The van der Waals surface area contributed by atoms with Crippen LogP contribution in [0, 0.1) is 5.82 Å². The molecule has 0 aliphatic carbocycles. The van der Waals surface area contributed by atoms with Crippen molar-refractivity contribution in [3.05, 3.63) is 82.1 Å². The van der Waals surface area contributed by atoms with E-state index in [1.165, 1.54) is 18.4 Å². The summed E-state index contributed by atoms with van der Waals surface area (Å²) in [5, 5.41) is 1.86. The number of benzene rings is 3. The van der Waals surface area contributed by atoms with Crippen LogP contribution in [-0.4, -0.2) is 10.5 Å². The molecule has 3 nitrogen and oxygen atoms in total. The van der Waals surface area contributed by atoms with E-state index in [9.17, 15) is 9.18 Å². The first-order valence-electron chi connectivity index (χ1n) is 10.3. The molecular weight excluding hydrogens is 399 g/mol. The summed E-state index contributed by atoms with van der Waals surface area (Å²) in [5.74, 6) is -0.889. The second-order valence-electron chi connectivity index (χ2n) is 7.67. The molecule has 2 N–H and O–H groups in total. The maximum atomic E-state index is 14.7. The molecule has 3 aromatic carbocycles. The van der Waals surface area contributed by atoms with E-state index in [4.69, 9.17) is 17.3 Å². The number of nitrogens with two attached hydrogens (primary N) is 1. The maximum Gasteiger partial charge on any atom is 0.249 e. The van der Waals surface area contributed by atoms with Crippen LogP contribution in [0.2, 0.25) is 5.02 Å². The van der Waals surface area contributed by atoms with Gasteiger partial charge in [-0.1, -0.05) is 61.7 Å². The van der Waals surface area contributed by atoms with Crippen molar-refractivity contribution in [3.63, 3.8) is 0 Å². The van der Waals surface area contributed by atoms with Crippen LogP contribution in [0.3, 0.4) is 0 Å². The summed E-state index contributed by atoms with van der Waals surface area (Å²) in [6, 6.07) is 16.8. The van der Waals surface area contributed by atoms with Gasteiger partial charge in [0.15, 0.2) is 0 Å². The third-order valence-corrected chi connectivity index (χ3v) is 5.94. The number of hydrogen-bond donors (Lipinski definition) is 1. The number of primary amides is 1. The van der Waals surface area contributed by atoms with Gasteiger partial charge in [0.05, 0.1) is 17.1 Å². The van der Waals surface area contributed by atoms with E-state index in [-0.39, 0.29) is 5.02 Å². The first-order chi connectivity index (χ1) is 14.5. The van der Waals surface area contributed by atoms with Gasteiger partial charge >= 0.3 is 0 Å². The van der Waals surface area contributed by atoms with Crippen molar-refractivity contribution in [3.8, 4) is 0 Å². The molecule has 154 valence electrons. The number of rotatable bonds is 7. The number of aryl methyl sites for hydroxylation is 1. The third kappa shape index (κ3) is 3.68. The quantitative estimate of drug-likeness (QED) is 0.341. The number of carbonyl (C=O) groups is 1. The molecule has 0 aliphatic rings. The van der Waals surface area contributed by atoms with Crippen LogP contribution < -0.4 is 5.73 Å². The number of nitrogens with zero attached hydrogens (tertiary/aromatic N) is 1. The second-order valence-corrected chi connectivity index (χ2v) is 8.08. The van der Waals surface area contributed by atoms with Crippen LogP contribution in [0.25, 0.3) is 21.8 Å². The Bertz CT molecular complexity index is 1250. The molecule has 0 saturated heterocycles. The van der Waals surface area contributed by atoms with Gasteiger partial charge in [0, 0.05) is 27.4 Å². The van der Waals surface area contributed by atoms with Gasteiger partial charge in [0.25, 0.3) is 0 Å². The highest BCUT2D eigenvalue weighted by Gasteiger charge is 2.18. The minimum Gasteiger partial charge on any atom is -0.366 e. The minimum absolute atomic E-state index is 0.103. The van der Waals surface area contributed by atoms with Gasteiger partial charge in [-0.25, -0.2) is 4.39 Å². The van der Waals surface area contributed by atoms with E-state index in [1.54, 1.807) is 24.3 Å². The molecule has 0 fully saturated rings. The number of carbonyl (C=O) groups excluding carboxylic acids is 1. The summed E-state index contributed by atoms with van der Waals surface area (Å²) < 4.78 is 16.7. The van der Waals surface area contributed by atoms with Crippen molar-refractivity contribution in [2.45, 2.75) is 39.2 Å². The highest BCUT2D eigenvalue weighted by atomic mass is 35.5. The van der Waals surface area contributed by atoms with Gasteiger partial charge in [-0.2, -0.15) is 0 Å². The number of amides is 1. The molecule has 1 amide bonds. The summed E-state index contributed by atoms with van der Waals surface area (Å²) in [5.41, 5.74) is 9.68. The lowest BCUT2D eigenvalue weighted by atomic mass is 10.0. The molecule has 0 radical (unpaired) electrons. The lowest BCUT2D eigenvalue weighted by Gasteiger charge is -2.10. The monoisotopic (exact) mass is 422 g/mol. The zero-order valence-corrected chi connectivity index (χ0v) is 17.7. The van der Waals surface area contributed by atoms with Crippen molar-refractivity contribution in [1.29, 1.82) is 0 Å². The molecule has 5 heteroatoms. The fourth-order valence-electron chi connectivity index (χ4n) is 4.14. The number of fused-ring (bicyclic) bond motifs is 3. The maximum absolute atomic E-state index is 14.7. The average molecular weight is 423 g/mol. The van der Waals surface area contributed by atoms with Crippen molar-refractivity contribution in [2.24, 2.45) is 5.73 Å². The van der Waals surface area contributed by atoms with Crippen LogP contribution in [0.15, 0.2) is 54.6 Å². The van der Waals surface area contributed by atoms with Gasteiger partial charge in [-0.15, -0.1) is 0 Å². The zero-order valence-electron chi connectivity index (χ0n) is 16.9. The predicted octanol–water partition coefficient (Wildman–Crippen LogP) is 6.47. The Morgan fingerprint density at radius 1 is 1.07 bits per heavy atom. The minimum atomic E-state index is -0.472. The molecule has 1 heterocycles. The van der Waals surface area contributed by atoms with Gasteiger partial charge in [0.2, 0.25) is 5.91 Å². The van der Waals surface area contributed by atoms with Gasteiger partial charge in [-0.3, -0.25) is 4.79 Å². The average Bonchev–Trinajstić information content (AvgIpc) is 3.04. The molecule has 4 aromatic rings. The standard InChI is InChI=1S/C25H24ClFN2O/c1-2-3-4-7-16-12-13-18-22(14-16)29(15-17-8-5-10-20(26)24(17)27)21-11-6-9-19(23(18)21)25(28)30/h5-6,8-14H,2-4,7,15H2,1H3,(H2,28,30). The summed E-state index contributed by atoms with van der Waals surface area (Å²) in [6.07, 6.45) is 4.45. The molecule has 0 unspecified atom stereocenters. The van der Waals surface area contributed by atoms with Crippen LogP contribution in [0.4, 0.5) is 4.39 Å². The predicted molar refractivity (Wildman–Crippen MR) is 122 cm³/mol. The van der Waals surface area contributed by atoms with Crippen molar-refractivity contribution in [2.75, 3.05) is 0 Å². The Labute approximate surface area is 180 Å². The molecule has 30 heavy (non-hydrogen) atoms. The molecule has 4 rings (SSSR count). The van der Waals surface area contributed by atoms with Crippen LogP contribution in [0.5, 0.6) is 0 Å². The summed E-state index contributed by atoms with van der Waals surface area (Å²) in [4.78, 5) is 12.1. The second kappa shape index (κ2) is 8.49. The normalized spacial score (nSPS) is 11.4. The van der Waals surface area contributed by atoms with Crippen molar-refractivity contribution < 1.29 is 9.18 Å². The highest BCUT2D eigenvalue weighted by molar-refractivity contribution is 6.30. The lowest BCUT2D eigenvalue weighted by Crippen LogP contribution is -2.11. The van der Waals surface area contributed by atoms with E-state index in [0.717, 1.165) is 34.6 Å². The van der Waals surface area contributed by atoms with E-state index < -0.39 is 11.7 Å². The Morgan fingerprint density at radius 2 is 1.87 bits per heavy atom. The molecule has 0 bridgehead atoms. The lowest BCUT2D eigenvalue weighted by molar-refractivity contribution is 0.100. The SMILES string of the molecule is CCCCCc1ccc2c3c(C(N)=O)cccc3n(Cc3cccc(Cl)c3F)c2c1. The van der Waals surface area contributed by atoms with Gasteiger partial charge in [-0.05, 0) is 42.7 Å². The van der Waals surface area contributed by atoms with Gasteiger partial charge in [0.1, 0.15) is 5.82 Å². The smallest absolute Gasteiger partial charge is 0.249 e. The first kappa shape index (κ1) is 20.4. The van der Waals surface area contributed by atoms with Crippen LogP contribution >= 0.6 is 11.6 Å². The molecule has 0 atom stereocenters. The summed E-state index contributed by atoms with van der Waals surface area (Å²) in [6.45, 7) is 2.50. The van der Waals surface area contributed by atoms with E-state index in [0.29, 0.717) is 17.7 Å². The number of aromatic nitrogens is 1. The fraction of sp³-hybridized carbons (Fsp3) is 0.240. The van der Waals surface area contributed by atoms with E-state index in [1.807, 2.05) is 12.1 Å². The van der Waals surface area contributed by atoms with Crippen LogP contribution in [0.1, 0.15) is 47.7 Å². The summed E-state index contributed by atoms with van der Waals surface area (Å²) in [7, 11) is 0. The topological polar surface area (TPSA) is 48.0 Å². The first-order valence-corrected chi connectivity index (χ1v) is 10.7. The third-order valence-electron chi connectivity index (χ3n) is 5.65. The number of hydrogen-bond acceptors (Lipinski definition) is 1. The number of halogens is 2. The van der Waals surface area contributed by atoms with Crippen molar-refractivity contribution in [1.82, 2.24) is 4.57 Å². The van der Waals surface area contributed by atoms with E-state index >= 15 is 0 Å².